The summed E-state index contributed by atoms with van der Waals surface area (Å²) in [7, 11) is 4.40. The summed E-state index contributed by atoms with van der Waals surface area (Å²) in [6, 6.07) is 3.15. The second-order valence-corrected chi connectivity index (χ2v) is 4.34. The van der Waals surface area contributed by atoms with Crippen molar-refractivity contribution in [2.24, 2.45) is 5.92 Å². The molecule has 0 saturated heterocycles. The topological polar surface area (TPSA) is 89.0 Å². The molecule has 110 valence electrons. The van der Waals surface area contributed by atoms with E-state index in [1.54, 1.807) is 24.9 Å². The van der Waals surface area contributed by atoms with Gasteiger partial charge in [0.1, 0.15) is 11.4 Å². The number of hydrogen-bond acceptors (Lipinski definition) is 6. The smallest absolute Gasteiger partial charge is 0.343 e. The highest BCUT2D eigenvalue weighted by Crippen LogP contribution is 2.21. The molecule has 0 spiro atoms. The van der Waals surface area contributed by atoms with Crippen molar-refractivity contribution in [3.05, 3.63) is 17.7 Å². The fourth-order valence-corrected chi connectivity index (χ4v) is 1.65. The maximum atomic E-state index is 11.5. The molecule has 0 aliphatic carbocycles. The van der Waals surface area contributed by atoms with Crippen molar-refractivity contribution in [3.8, 4) is 5.88 Å². The number of ether oxygens (including phenoxy) is 2. The quantitative estimate of drug-likeness (QED) is 0.779. The van der Waals surface area contributed by atoms with Crippen LogP contribution in [0.25, 0.3) is 0 Å². The summed E-state index contributed by atoms with van der Waals surface area (Å²) in [5.74, 6) is -1.29. The highest BCUT2D eigenvalue weighted by atomic mass is 16.5. The second kappa shape index (κ2) is 6.74. The lowest BCUT2D eigenvalue weighted by atomic mass is 10.2. The molecule has 0 aromatic carbocycles. The van der Waals surface area contributed by atoms with Crippen molar-refractivity contribution < 1.29 is 24.2 Å². The van der Waals surface area contributed by atoms with Gasteiger partial charge in [0, 0.05) is 13.6 Å². The molecule has 0 fully saturated rings. The number of rotatable bonds is 6. The Bertz CT molecular complexity index is 504. The molecule has 0 bridgehead atoms. The van der Waals surface area contributed by atoms with E-state index in [-0.39, 0.29) is 11.4 Å². The fourth-order valence-electron chi connectivity index (χ4n) is 1.65. The van der Waals surface area contributed by atoms with Crippen LogP contribution >= 0.6 is 0 Å². The first-order chi connectivity index (χ1) is 9.40. The van der Waals surface area contributed by atoms with Gasteiger partial charge in [-0.25, -0.2) is 4.79 Å². The van der Waals surface area contributed by atoms with Gasteiger partial charge >= 0.3 is 11.9 Å². The number of esters is 1. The standard InChI is InChI=1S/C13H18N2O5/c1-8(12(16)17)7-15(2)10-6-5-9(13(18)20-4)11(14-10)19-3/h5-6,8H,7H2,1-4H3,(H,16,17). The van der Waals surface area contributed by atoms with Crippen LogP contribution in [0.4, 0.5) is 5.82 Å². The Labute approximate surface area is 117 Å². The van der Waals surface area contributed by atoms with Crippen molar-refractivity contribution in [1.82, 2.24) is 4.98 Å². The maximum Gasteiger partial charge on any atom is 0.343 e. The zero-order valence-electron chi connectivity index (χ0n) is 11.9. The molecule has 0 aliphatic rings. The molecule has 20 heavy (non-hydrogen) atoms. The average Bonchev–Trinajstić information content (AvgIpc) is 2.45. The minimum Gasteiger partial charge on any atom is -0.481 e. The Balaban J connectivity index is 2.97. The van der Waals surface area contributed by atoms with Gasteiger partial charge in [-0.3, -0.25) is 4.79 Å². The number of aromatic nitrogens is 1. The fraction of sp³-hybridized carbons (Fsp3) is 0.462. The number of carbonyl (C=O) groups is 2. The number of carboxylic acids is 1. The number of pyridine rings is 1. The highest BCUT2D eigenvalue weighted by Gasteiger charge is 2.18. The lowest BCUT2D eigenvalue weighted by Gasteiger charge is -2.21. The van der Waals surface area contributed by atoms with Crippen LogP contribution in [0.2, 0.25) is 0 Å². The number of hydrogen-bond donors (Lipinski definition) is 1. The number of carboxylic acid groups (broad SMARTS) is 1. The third kappa shape index (κ3) is 3.59. The van der Waals surface area contributed by atoms with E-state index in [0.717, 1.165) is 0 Å². The van der Waals surface area contributed by atoms with Gasteiger partial charge in [-0.2, -0.15) is 4.98 Å². The molecule has 1 atom stereocenters. The van der Waals surface area contributed by atoms with Crippen molar-refractivity contribution in [3.63, 3.8) is 0 Å². The summed E-state index contributed by atoms with van der Waals surface area (Å²) in [6.07, 6.45) is 0. The summed E-state index contributed by atoms with van der Waals surface area (Å²) in [5.41, 5.74) is 0.221. The van der Waals surface area contributed by atoms with Gasteiger partial charge in [0.15, 0.2) is 0 Å². The molecule has 0 radical (unpaired) electrons. The van der Waals surface area contributed by atoms with Gasteiger partial charge in [-0.15, -0.1) is 0 Å². The summed E-state index contributed by atoms with van der Waals surface area (Å²) < 4.78 is 9.68. The van der Waals surface area contributed by atoms with Crippen molar-refractivity contribution in [2.45, 2.75) is 6.92 Å². The van der Waals surface area contributed by atoms with Crippen LogP contribution < -0.4 is 9.64 Å². The van der Waals surface area contributed by atoms with E-state index in [0.29, 0.717) is 12.4 Å². The van der Waals surface area contributed by atoms with Crippen LogP contribution in [-0.2, 0) is 9.53 Å². The molecule has 7 nitrogen and oxygen atoms in total. The molecule has 0 aliphatic heterocycles. The van der Waals surface area contributed by atoms with Crippen LogP contribution in [0.3, 0.4) is 0 Å². The lowest BCUT2D eigenvalue weighted by Crippen LogP contribution is -2.29. The van der Waals surface area contributed by atoms with Crippen LogP contribution in [0.1, 0.15) is 17.3 Å². The number of aliphatic carboxylic acids is 1. The number of methoxy groups -OCH3 is 2. The molecular weight excluding hydrogens is 264 g/mol. The summed E-state index contributed by atoms with van der Waals surface area (Å²) >= 11 is 0. The maximum absolute atomic E-state index is 11.5. The van der Waals surface area contributed by atoms with Crippen LogP contribution in [0.5, 0.6) is 5.88 Å². The van der Waals surface area contributed by atoms with Crippen molar-refractivity contribution in [1.29, 1.82) is 0 Å². The van der Waals surface area contributed by atoms with Crippen LogP contribution in [-0.4, -0.2) is 49.8 Å². The van der Waals surface area contributed by atoms with Gasteiger partial charge in [-0.05, 0) is 12.1 Å². The number of nitrogens with zero attached hydrogens (tertiary/aromatic N) is 2. The monoisotopic (exact) mass is 282 g/mol. The lowest BCUT2D eigenvalue weighted by molar-refractivity contribution is -0.140. The van der Waals surface area contributed by atoms with Crippen molar-refractivity contribution >= 4 is 17.8 Å². The third-order valence-electron chi connectivity index (χ3n) is 2.80. The number of anilines is 1. The predicted molar refractivity (Wildman–Crippen MR) is 72.2 cm³/mol. The molecule has 0 amide bonds. The minimum atomic E-state index is -0.880. The van der Waals surface area contributed by atoms with E-state index in [1.807, 2.05) is 0 Å². The first-order valence-corrected chi connectivity index (χ1v) is 5.98. The van der Waals surface area contributed by atoms with Crippen LogP contribution in [0.15, 0.2) is 12.1 Å². The van der Waals surface area contributed by atoms with E-state index < -0.39 is 17.9 Å². The molecule has 1 unspecified atom stereocenters. The van der Waals surface area contributed by atoms with E-state index in [1.165, 1.54) is 20.3 Å². The predicted octanol–water partition coefficient (Wildman–Crippen LogP) is 1.03. The second-order valence-electron chi connectivity index (χ2n) is 4.34. The third-order valence-corrected chi connectivity index (χ3v) is 2.80. The van der Waals surface area contributed by atoms with E-state index in [4.69, 9.17) is 9.84 Å². The van der Waals surface area contributed by atoms with Gasteiger partial charge < -0.3 is 19.5 Å². The molecule has 1 heterocycles. The van der Waals surface area contributed by atoms with E-state index in [2.05, 4.69) is 9.72 Å². The largest absolute Gasteiger partial charge is 0.481 e. The number of carbonyl (C=O) groups excluding carboxylic acids is 1. The Morgan fingerprint density at radius 2 is 2.05 bits per heavy atom. The summed E-state index contributed by atoms with van der Waals surface area (Å²) in [4.78, 5) is 28.2. The van der Waals surface area contributed by atoms with Gasteiger partial charge in [-0.1, -0.05) is 6.92 Å². The van der Waals surface area contributed by atoms with Gasteiger partial charge in [0.05, 0.1) is 20.1 Å². The van der Waals surface area contributed by atoms with E-state index in [9.17, 15) is 9.59 Å². The normalized spacial score (nSPS) is 11.6. The Kier molecular flexibility index (Phi) is 5.31. The minimum absolute atomic E-state index is 0.143. The molecule has 1 aromatic rings. The Morgan fingerprint density at radius 3 is 2.55 bits per heavy atom. The molecular formula is C13H18N2O5. The van der Waals surface area contributed by atoms with Gasteiger partial charge in [0.2, 0.25) is 5.88 Å². The molecule has 0 saturated carbocycles. The SMILES string of the molecule is COC(=O)c1ccc(N(C)CC(C)C(=O)O)nc1OC. The summed E-state index contributed by atoms with van der Waals surface area (Å²) in [6.45, 7) is 1.90. The molecule has 1 N–H and O–H groups in total. The molecule has 7 heteroatoms. The van der Waals surface area contributed by atoms with Crippen LogP contribution in [0, 0.1) is 5.92 Å². The first-order valence-electron chi connectivity index (χ1n) is 5.98. The Morgan fingerprint density at radius 1 is 1.40 bits per heavy atom. The molecule has 1 rings (SSSR count). The van der Waals surface area contributed by atoms with Gasteiger partial charge in [0.25, 0.3) is 0 Å². The zero-order valence-corrected chi connectivity index (χ0v) is 11.9. The highest BCUT2D eigenvalue weighted by molar-refractivity contribution is 5.92. The van der Waals surface area contributed by atoms with Crippen molar-refractivity contribution in [2.75, 3.05) is 32.7 Å². The first kappa shape index (κ1) is 15.7. The Hall–Kier alpha value is -2.31. The average molecular weight is 282 g/mol. The summed E-state index contributed by atoms with van der Waals surface area (Å²) in [5, 5.41) is 8.89. The van der Waals surface area contributed by atoms with E-state index >= 15 is 0 Å². The zero-order chi connectivity index (χ0) is 15.3. The molecule has 1 aromatic heterocycles.